The van der Waals surface area contributed by atoms with Crippen LogP contribution in [0.2, 0.25) is 0 Å². The molecule has 0 radical (unpaired) electrons. The van der Waals surface area contributed by atoms with Gasteiger partial charge in [0.15, 0.2) is 11.0 Å². The molecule has 0 spiro atoms. The van der Waals surface area contributed by atoms with Crippen molar-refractivity contribution in [2.45, 2.75) is 45.3 Å². The number of benzene rings is 1. The van der Waals surface area contributed by atoms with E-state index in [2.05, 4.69) is 22.4 Å². The van der Waals surface area contributed by atoms with Crippen LogP contribution in [0.5, 0.6) is 5.75 Å². The van der Waals surface area contributed by atoms with E-state index in [1.165, 1.54) is 30.2 Å². The summed E-state index contributed by atoms with van der Waals surface area (Å²) in [7, 11) is 1.32. The molecule has 0 bridgehead atoms. The number of hydrogen-bond acceptors (Lipinski definition) is 8. The Bertz CT molecular complexity index is 1090. The summed E-state index contributed by atoms with van der Waals surface area (Å²) in [5, 5.41) is 12.6. The van der Waals surface area contributed by atoms with Gasteiger partial charge < -0.3 is 19.4 Å². The molecule has 2 heterocycles. The van der Waals surface area contributed by atoms with Gasteiger partial charge in [-0.2, -0.15) is 0 Å². The SMILES string of the molecule is CCCCOc1ccc(-c2nnc(SCC(=O)Nc3sc(C)cc3C(=O)OC)n2CC)cc1. The highest BCUT2D eigenvalue weighted by molar-refractivity contribution is 7.99. The average molecular weight is 489 g/mol. The fraction of sp³-hybridized carbons (Fsp3) is 0.391. The van der Waals surface area contributed by atoms with Crippen LogP contribution in [0.25, 0.3) is 11.4 Å². The normalized spacial score (nSPS) is 10.8. The zero-order valence-corrected chi connectivity index (χ0v) is 20.8. The van der Waals surface area contributed by atoms with Crippen molar-refractivity contribution in [3.8, 4) is 17.1 Å². The number of aryl methyl sites for hydroxylation is 1. The van der Waals surface area contributed by atoms with Crippen LogP contribution in [-0.2, 0) is 16.1 Å². The molecular weight excluding hydrogens is 460 g/mol. The van der Waals surface area contributed by atoms with Crippen LogP contribution in [0.4, 0.5) is 5.00 Å². The van der Waals surface area contributed by atoms with Crippen molar-refractivity contribution in [3.05, 3.63) is 40.8 Å². The van der Waals surface area contributed by atoms with Crippen molar-refractivity contribution >= 4 is 40.0 Å². The number of carbonyl (C=O) groups excluding carboxylic acids is 2. The molecule has 176 valence electrons. The number of hydrogen-bond donors (Lipinski definition) is 1. The minimum absolute atomic E-state index is 0.139. The second-order valence-corrected chi connectivity index (χ2v) is 9.40. The Hall–Kier alpha value is -2.85. The molecule has 1 amide bonds. The van der Waals surface area contributed by atoms with Gasteiger partial charge in [-0.05, 0) is 50.6 Å². The third kappa shape index (κ3) is 6.35. The number of aromatic nitrogens is 3. The van der Waals surface area contributed by atoms with Crippen molar-refractivity contribution in [1.29, 1.82) is 0 Å². The smallest absolute Gasteiger partial charge is 0.340 e. The molecule has 0 fully saturated rings. The number of esters is 1. The highest BCUT2D eigenvalue weighted by Gasteiger charge is 2.19. The summed E-state index contributed by atoms with van der Waals surface area (Å²) in [4.78, 5) is 25.4. The lowest BCUT2D eigenvalue weighted by atomic mass is 10.2. The van der Waals surface area contributed by atoms with Gasteiger partial charge in [0.05, 0.1) is 25.0 Å². The Kier molecular flexibility index (Phi) is 8.90. The van der Waals surface area contributed by atoms with Crippen molar-refractivity contribution < 1.29 is 19.1 Å². The summed E-state index contributed by atoms with van der Waals surface area (Å²) < 4.78 is 12.5. The third-order valence-electron chi connectivity index (χ3n) is 4.76. The van der Waals surface area contributed by atoms with E-state index in [0.717, 1.165) is 34.9 Å². The Labute approximate surface area is 201 Å². The van der Waals surface area contributed by atoms with Gasteiger partial charge in [0.25, 0.3) is 0 Å². The van der Waals surface area contributed by atoms with Crippen LogP contribution >= 0.6 is 23.1 Å². The van der Waals surface area contributed by atoms with Crippen LogP contribution < -0.4 is 10.1 Å². The van der Waals surface area contributed by atoms with E-state index in [4.69, 9.17) is 9.47 Å². The number of carbonyl (C=O) groups is 2. The first-order valence-corrected chi connectivity index (χ1v) is 12.5. The number of ether oxygens (including phenoxy) is 2. The second kappa shape index (κ2) is 11.9. The summed E-state index contributed by atoms with van der Waals surface area (Å²) in [6.07, 6.45) is 2.12. The van der Waals surface area contributed by atoms with Crippen LogP contribution in [-0.4, -0.2) is 46.1 Å². The second-order valence-electron chi connectivity index (χ2n) is 7.21. The Morgan fingerprint density at radius 3 is 2.61 bits per heavy atom. The maximum Gasteiger partial charge on any atom is 0.340 e. The summed E-state index contributed by atoms with van der Waals surface area (Å²) in [5.74, 6) is 1.01. The third-order valence-corrected chi connectivity index (χ3v) is 6.69. The molecule has 1 aromatic carbocycles. The van der Waals surface area contributed by atoms with E-state index in [1.807, 2.05) is 42.7 Å². The number of nitrogens with one attached hydrogen (secondary N) is 1. The first kappa shape index (κ1) is 24.8. The van der Waals surface area contributed by atoms with Crippen molar-refractivity contribution in [3.63, 3.8) is 0 Å². The van der Waals surface area contributed by atoms with Crippen molar-refractivity contribution in [1.82, 2.24) is 14.8 Å². The lowest BCUT2D eigenvalue weighted by Gasteiger charge is -2.09. The quantitative estimate of drug-likeness (QED) is 0.230. The molecule has 0 atom stereocenters. The van der Waals surface area contributed by atoms with Crippen LogP contribution in [0.3, 0.4) is 0 Å². The molecule has 1 N–H and O–H groups in total. The maximum atomic E-state index is 12.5. The molecule has 10 heteroatoms. The molecule has 0 saturated heterocycles. The summed E-state index contributed by atoms with van der Waals surface area (Å²) in [6, 6.07) is 9.50. The standard InChI is InChI=1S/C23H28N4O4S2/c1-5-7-12-31-17-10-8-16(9-11-17)20-25-26-23(27(20)6-2)32-14-19(28)24-21-18(22(29)30-4)13-15(3)33-21/h8-11,13H,5-7,12,14H2,1-4H3,(H,24,28). The van der Waals surface area contributed by atoms with Gasteiger partial charge in [0, 0.05) is 17.0 Å². The van der Waals surface area contributed by atoms with Crippen molar-refractivity contribution in [2.24, 2.45) is 0 Å². The maximum absolute atomic E-state index is 12.5. The molecule has 0 aliphatic heterocycles. The number of unbranched alkanes of at least 4 members (excludes halogenated alkanes) is 1. The average Bonchev–Trinajstić information content (AvgIpc) is 3.40. The monoisotopic (exact) mass is 488 g/mol. The minimum Gasteiger partial charge on any atom is -0.494 e. The Morgan fingerprint density at radius 1 is 1.18 bits per heavy atom. The van der Waals surface area contributed by atoms with Crippen molar-refractivity contribution in [2.75, 3.05) is 24.8 Å². The van der Waals surface area contributed by atoms with Crippen LogP contribution in [0.15, 0.2) is 35.5 Å². The molecule has 8 nitrogen and oxygen atoms in total. The molecule has 3 aromatic rings. The summed E-state index contributed by atoms with van der Waals surface area (Å²) in [5.41, 5.74) is 1.29. The fourth-order valence-corrected chi connectivity index (χ4v) is 4.81. The molecule has 0 unspecified atom stereocenters. The number of amides is 1. The lowest BCUT2D eigenvalue weighted by molar-refractivity contribution is -0.113. The molecule has 3 rings (SSSR count). The van der Waals surface area contributed by atoms with E-state index in [1.54, 1.807) is 6.07 Å². The first-order valence-electron chi connectivity index (χ1n) is 10.7. The summed E-state index contributed by atoms with van der Waals surface area (Å²) >= 11 is 2.64. The number of anilines is 1. The predicted molar refractivity (Wildman–Crippen MR) is 131 cm³/mol. The Morgan fingerprint density at radius 2 is 1.94 bits per heavy atom. The zero-order valence-electron chi connectivity index (χ0n) is 19.2. The van der Waals surface area contributed by atoms with Gasteiger partial charge in [-0.25, -0.2) is 4.79 Å². The van der Waals surface area contributed by atoms with Gasteiger partial charge in [-0.1, -0.05) is 25.1 Å². The number of rotatable bonds is 11. The number of nitrogens with zero attached hydrogens (tertiary/aromatic N) is 3. The largest absolute Gasteiger partial charge is 0.494 e. The van der Waals surface area contributed by atoms with Gasteiger partial charge in [0.1, 0.15) is 10.8 Å². The van der Waals surface area contributed by atoms with E-state index in [-0.39, 0.29) is 11.7 Å². The molecule has 2 aromatic heterocycles. The Balaban J connectivity index is 1.65. The van der Waals surface area contributed by atoms with Crippen LogP contribution in [0, 0.1) is 6.92 Å². The molecule has 0 saturated carbocycles. The van der Waals surface area contributed by atoms with E-state index < -0.39 is 5.97 Å². The lowest BCUT2D eigenvalue weighted by Crippen LogP contribution is -2.16. The number of thioether (sulfide) groups is 1. The minimum atomic E-state index is -0.473. The van der Waals surface area contributed by atoms with Gasteiger partial charge >= 0.3 is 5.97 Å². The molecular formula is C23H28N4O4S2. The van der Waals surface area contributed by atoms with Gasteiger partial charge in [-0.3, -0.25) is 4.79 Å². The zero-order chi connectivity index (χ0) is 23.8. The highest BCUT2D eigenvalue weighted by Crippen LogP contribution is 2.29. The van der Waals surface area contributed by atoms with Gasteiger partial charge in [0.2, 0.25) is 5.91 Å². The number of methoxy groups -OCH3 is 1. The molecule has 0 aliphatic carbocycles. The predicted octanol–water partition coefficient (Wildman–Crippen LogP) is 5.03. The molecule has 0 aliphatic rings. The van der Waals surface area contributed by atoms with Crippen LogP contribution in [0.1, 0.15) is 41.9 Å². The van der Waals surface area contributed by atoms with Gasteiger partial charge in [-0.15, -0.1) is 21.5 Å². The fourth-order valence-electron chi connectivity index (χ4n) is 3.09. The first-order chi connectivity index (χ1) is 16.0. The summed E-state index contributed by atoms with van der Waals surface area (Å²) in [6.45, 7) is 7.38. The molecule has 33 heavy (non-hydrogen) atoms. The highest BCUT2D eigenvalue weighted by atomic mass is 32.2. The van der Waals surface area contributed by atoms with E-state index in [9.17, 15) is 9.59 Å². The van der Waals surface area contributed by atoms with E-state index >= 15 is 0 Å². The topological polar surface area (TPSA) is 95.3 Å². The number of thiophene rings is 1. The van der Waals surface area contributed by atoms with E-state index in [0.29, 0.717) is 28.9 Å².